The van der Waals surface area contributed by atoms with Gasteiger partial charge in [-0.15, -0.1) is 0 Å². The molecule has 0 bridgehead atoms. The molecule has 0 atom stereocenters. The van der Waals surface area contributed by atoms with Crippen molar-refractivity contribution in [1.82, 2.24) is 15.5 Å². The topological polar surface area (TPSA) is 79.9 Å². The summed E-state index contributed by atoms with van der Waals surface area (Å²) in [4.78, 5) is 25.0. The summed E-state index contributed by atoms with van der Waals surface area (Å²) in [6.07, 6.45) is 0. The predicted octanol–water partition coefficient (Wildman–Crippen LogP) is 0.142. The van der Waals surface area contributed by atoms with Crippen molar-refractivity contribution in [3.05, 3.63) is 23.8 Å². The fraction of sp³-hybridized carbons (Fsp3) is 0.500. The minimum atomic E-state index is -0.215. The van der Waals surface area contributed by atoms with Crippen LogP contribution in [0.3, 0.4) is 0 Å². The van der Waals surface area contributed by atoms with E-state index < -0.39 is 0 Å². The van der Waals surface area contributed by atoms with Crippen molar-refractivity contribution in [3.63, 3.8) is 0 Å². The molecule has 2 N–H and O–H groups in total. The Labute approximate surface area is 135 Å². The highest BCUT2D eigenvalue weighted by atomic mass is 16.6. The Kier molecular flexibility index (Phi) is 6.22. The first kappa shape index (κ1) is 17.1. The number of fused-ring (bicyclic) bond motifs is 1. The molecule has 0 spiro atoms. The Morgan fingerprint density at radius 1 is 1.17 bits per heavy atom. The number of likely N-dealkylation sites (N-methyl/N-ethyl adjacent to an activating group) is 2. The number of carbonyl (C=O) groups excluding carboxylic acids is 2. The lowest BCUT2D eigenvalue weighted by atomic mass is 10.1. The fourth-order valence-corrected chi connectivity index (χ4v) is 2.25. The first-order valence-electron chi connectivity index (χ1n) is 7.70. The Morgan fingerprint density at radius 2 is 1.91 bits per heavy atom. The van der Waals surface area contributed by atoms with Crippen molar-refractivity contribution in [3.8, 4) is 11.5 Å². The molecule has 0 aromatic heterocycles. The number of hydrogen-bond donors (Lipinski definition) is 2. The standard InChI is InChI=1S/C16H23N3O4/c1-3-19(11-16(21)18-9-15(20)17-2)10-12-4-5-13-14(8-12)23-7-6-22-13/h4-5,8H,3,6-7,9-11H2,1-2H3,(H,17,20)(H,18,21). The van der Waals surface area contributed by atoms with Gasteiger partial charge in [0, 0.05) is 13.6 Å². The summed E-state index contributed by atoms with van der Waals surface area (Å²) in [5, 5.41) is 5.06. The second kappa shape index (κ2) is 8.38. The number of rotatable bonds is 7. The zero-order chi connectivity index (χ0) is 16.7. The van der Waals surface area contributed by atoms with Crippen LogP contribution in [0, 0.1) is 0 Å². The van der Waals surface area contributed by atoms with Gasteiger partial charge >= 0.3 is 0 Å². The van der Waals surface area contributed by atoms with Gasteiger partial charge in [0.2, 0.25) is 11.8 Å². The quantitative estimate of drug-likeness (QED) is 0.747. The molecular formula is C16H23N3O4. The average Bonchev–Trinajstić information content (AvgIpc) is 2.58. The van der Waals surface area contributed by atoms with E-state index in [1.807, 2.05) is 30.0 Å². The Bertz CT molecular complexity index is 562. The van der Waals surface area contributed by atoms with Crippen LogP contribution >= 0.6 is 0 Å². The molecule has 0 fully saturated rings. The van der Waals surface area contributed by atoms with Crippen LogP contribution in [0.25, 0.3) is 0 Å². The van der Waals surface area contributed by atoms with E-state index in [0.717, 1.165) is 23.6 Å². The molecular weight excluding hydrogens is 298 g/mol. The van der Waals surface area contributed by atoms with E-state index in [4.69, 9.17) is 9.47 Å². The molecule has 0 saturated heterocycles. The second-order valence-corrected chi connectivity index (χ2v) is 5.23. The Morgan fingerprint density at radius 3 is 2.61 bits per heavy atom. The van der Waals surface area contributed by atoms with Crippen molar-refractivity contribution in [2.45, 2.75) is 13.5 Å². The molecule has 1 aliphatic rings. The highest BCUT2D eigenvalue weighted by molar-refractivity contribution is 5.85. The number of hydrogen-bond acceptors (Lipinski definition) is 5. The maximum atomic E-state index is 11.9. The molecule has 0 unspecified atom stereocenters. The van der Waals surface area contributed by atoms with Gasteiger partial charge in [0.15, 0.2) is 11.5 Å². The van der Waals surface area contributed by atoms with Crippen molar-refractivity contribution in [2.75, 3.05) is 39.9 Å². The summed E-state index contributed by atoms with van der Waals surface area (Å²) in [6, 6.07) is 5.81. The van der Waals surface area contributed by atoms with Crippen LogP contribution in [-0.2, 0) is 16.1 Å². The molecule has 0 saturated carbocycles. The van der Waals surface area contributed by atoms with E-state index >= 15 is 0 Å². The monoisotopic (exact) mass is 321 g/mol. The van der Waals surface area contributed by atoms with Gasteiger partial charge in [-0.05, 0) is 24.2 Å². The average molecular weight is 321 g/mol. The van der Waals surface area contributed by atoms with Crippen molar-refractivity contribution >= 4 is 11.8 Å². The number of ether oxygens (including phenoxy) is 2. The normalized spacial score (nSPS) is 12.8. The lowest BCUT2D eigenvalue weighted by Gasteiger charge is -2.22. The molecule has 1 aliphatic heterocycles. The zero-order valence-corrected chi connectivity index (χ0v) is 13.6. The number of benzene rings is 1. The predicted molar refractivity (Wildman–Crippen MR) is 85.5 cm³/mol. The SMILES string of the molecule is CCN(CC(=O)NCC(=O)NC)Cc1ccc2c(c1)OCCO2. The van der Waals surface area contributed by atoms with Gasteiger partial charge in [-0.3, -0.25) is 14.5 Å². The smallest absolute Gasteiger partial charge is 0.239 e. The third kappa shape index (κ3) is 5.14. The first-order chi connectivity index (χ1) is 11.1. The molecule has 126 valence electrons. The van der Waals surface area contributed by atoms with Crippen molar-refractivity contribution in [2.24, 2.45) is 0 Å². The molecule has 2 amide bonds. The van der Waals surface area contributed by atoms with E-state index in [-0.39, 0.29) is 24.9 Å². The van der Waals surface area contributed by atoms with Crippen LogP contribution in [0.1, 0.15) is 12.5 Å². The highest BCUT2D eigenvalue weighted by Gasteiger charge is 2.14. The summed E-state index contributed by atoms with van der Waals surface area (Å²) in [6.45, 7) is 4.69. The Balaban J connectivity index is 1.89. The molecule has 1 aromatic carbocycles. The summed E-state index contributed by atoms with van der Waals surface area (Å²) in [5.41, 5.74) is 1.05. The Hall–Kier alpha value is -2.28. The van der Waals surface area contributed by atoms with E-state index in [2.05, 4.69) is 10.6 Å². The molecule has 0 aliphatic carbocycles. The van der Waals surface area contributed by atoms with Crippen LogP contribution in [0.5, 0.6) is 11.5 Å². The van der Waals surface area contributed by atoms with Gasteiger partial charge in [-0.2, -0.15) is 0 Å². The van der Waals surface area contributed by atoms with Gasteiger partial charge in [-0.1, -0.05) is 13.0 Å². The third-order valence-corrected chi connectivity index (χ3v) is 3.55. The van der Waals surface area contributed by atoms with Crippen molar-refractivity contribution < 1.29 is 19.1 Å². The minimum absolute atomic E-state index is 0.00306. The van der Waals surface area contributed by atoms with Gasteiger partial charge in [0.05, 0.1) is 13.1 Å². The lowest BCUT2D eigenvalue weighted by Crippen LogP contribution is -2.41. The maximum absolute atomic E-state index is 11.9. The van der Waals surface area contributed by atoms with Crippen molar-refractivity contribution in [1.29, 1.82) is 0 Å². The molecule has 7 heteroatoms. The number of amides is 2. The summed E-state index contributed by atoms with van der Waals surface area (Å²) >= 11 is 0. The van der Waals surface area contributed by atoms with E-state index in [9.17, 15) is 9.59 Å². The molecule has 1 aromatic rings. The maximum Gasteiger partial charge on any atom is 0.239 e. The molecule has 1 heterocycles. The van der Waals surface area contributed by atoms with Crippen LogP contribution in [0.2, 0.25) is 0 Å². The molecule has 0 radical (unpaired) electrons. The van der Waals surface area contributed by atoms with Gasteiger partial charge < -0.3 is 20.1 Å². The van der Waals surface area contributed by atoms with Crippen LogP contribution in [0.15, 0.2) is 18.2 Å². The van der Waals surface area contributed by atoms with Gasteiger partial charge in [0.1, 0.15) is 13.2 Å². The van der Waals surface area contributed by atoms with E-state index in [1.165, 1.54) is 7.05 Å². The van der Waals surface area contributed by atoms with E-state index in [1.54, 1.807) is 0 Å². The minimum Gasteiger partial charge on any atom is -0.486 e. The number of nitrogens with one attached hydrogen (secondary N) is 2. The number of nitrogens with zero attached hydrogens (tertiary/aromatic N) is 1. The molecule has 7 nitrogen and oxygen atoms in total. The molecule has 23 heavy (non-hydrogen) atoms. The highest BCUT2D eigenvalue weighted by Crippen LogP contribution is 2.31. The van der Waals surface area contributed by atoms with Crippen LogP contribution < -0.4 is 20.1 Å². The third-order valence-electron chi connectivity index (χ3n) is 3.55. The van der Waals surface area contributed by atoms with Crippen LogP contribution in [-0.4, -0.2) is 56.6 Å². The van der Waals surface area contributed by atoms with Crippen LogP contribution in [0.4, 0.5) is 0 Å². The zero-order valence-electron chi connectivity index (χ0n) is 13.6. The summed E-state index contributed by atoms with van der Waals surface area (Å²) < 4.78 is 11.1. The largest absolute Gasteiger partial charge is 0.486 e. The second-order valence-electron chi connectivity index (χ2n) is 5.23. The molecule has 2 rings (SSSR count). The number of carbonyl (C=O) groups is 2. The lowest BCUT2D eigenvalue weighted by molar-refractivity contribution is -0.126. The van der Waals surface area contributed by atoms with E-state index in [0.29, 0.717) is 19.8 Å². The summed E-state index contributed by atoms with van der Waals surface area (Å²) in [7, 11) is 1.54. The summed E-state index contributed by atoms with van der Waals surface area (Å²) in [5.74, 6) is 1.11. The fourth-order valence-electron chi connectivity index (χ4n) is 2.25. The van der Waals surface area contributed by atoms with Gasteiger partial charge in [0.25, 0.3) is 0 Å². The van der Waals surface area contributed by atoms with Gasteiger partial charge in [-0.25, -0.2) is 0 Å². The first-order valence-corrected chi connectivity index (χ1v) is 7.70.